The zero-order valence-electron chi connectivity index (χ0n) is 11.7. The molecule has 0 radical (unpaired) electrons. The summed E-state index contributed by atoms with van der Waals surface area (Å²) in [5.74, 6) is 0.386. The van der Waals surface area contributed by atoms with Gasteiger partial charge in [0, 0.05) is 11.3 Å². The molecule has 0 unspecified atom stereocenters. The Bertz CT molecular complexity index is 712. The number of nitrogens with zero attached hydrogens (tertiary/aromatic N) is 1. The number of hydrogen-bond donors (Lipinski definition) is 2. The minimum absolute atomic E-state index is 0.226. The van der Waals surface area contributed by atoms with Gasteiger partial charge >= 0.3 is 0 Å². The zero-order valence-corrected chi connectivity index (χ0v) is 12.5. The fourth-order valence-corrected chi connectivity index (χ4v) is 2.22. The van der Waals surface area contributed by atoms with Gasteiger partial charge in [0.2, 0.25) is 11.8 Å². The Kier molecular flexibility index (Phi) is 4.18. The SMILES string of the molecule is Cc1cc(C)c(C(N)=S)c(Oc2ccc(C(N)=O)cc2)n1. The number of benzene rings is 1. The Morgan fingerprint density at radius 1 is 1.19 bits per heavy atom. The number of carbonyl (C=O) groups excluding carboxylic acids is 1. The average Bonchev–Trinajstić information content (AvgIpc) is 2.37. The van der Waals surface area contributed by atoms with Crippen molar-refractivity contribution in [3.05, 3.63) is 52.7 Å². The lowest BCUT2D eigenvalue weighted by molar-refractivity contribution is 0.100. The molecule has 0 bridgehead atoms. The third-order valence-electron chi connectivity index (χ3n) is 2.91. The summed E-state index contributed by atoms with van der Waals surface area (Å²) in [5.41, 5.74) is 13.6. The van der Waals surface area contributed by atoms with Crippen molar-refractivity contribution in [2.75, 3.05) is 0 Å². The highest BCUT2D eigenvalue weighted by Crippen LogP contribution is 2.26. The molecule has 21 heavy (non-hydrogen) atoms. The first-order chi connectivity index (χ1) is 9.88. The molecule has 1 heterocycles. The van der Waals surface area contributed by atoms with E-state index in [1.54, 1.807) is 24.3 Å². The summed E-state index contributed by atoms with van der Waals surface area (Å²) in [6.45, 7) is 3.76. The van der Waals surface area contributed by atoms with Gasteiger partial charge in [-0.05, 0) is 49.7 Å². The molecule has 0 atom stereocenters. The molecule has 0 saturated carbocycles. The number of hydrogen-bond acceptors (Lipinski definition) is 4. The average molecular weight is 301 g/mol. The van der Waals surface area contributed by atoms with Crippen LogP contribution >= 0.6 is 12.2 Å². The zero-order chi connectivity index (χ0) is 15.6. The highest BCUT2D eigenvalue weighted by molar-refractivity contribution is 7.80. The van der Waals surface area contributed by atoms with Crippen LogP contribution in [0.2, 0.25) is 0 Å². The van der Waals surface area contributed by atoms with Crippen LogP contribution in [0.5, 0.6) is 11.6 Å². The molecule has 0 aliphatic heterocycles. The molecule has 1 amide bonds. The Hall–Kier alpha value is -2.47. The van der Waals surface area contributed by atoms with Gasteiger partial charge in [0.25, 0.3) is 0 Å². The molecule has 0 saturated heterocycles. The fraction of sp³-hybridized carbons (Fsp3) is 0.133. The van der Waals surface area contributed by atoms with Gasteiger partial charge < -0.3 is 16.2 Å². The van der Waals surface area contributed by atoms with Gasteiger partial charge in [-0.1, -0.05) is 12.2 Å². The lowest BCUT2D eigenvalue weighted by atomic mass is 10.1. The topological polar surface area (TPSA) is 91.2 Å². The predicted octanol–water partition coefficient (Wildman–Crippen LogP) is 2.22. The van der Waals surface area contributed by atoms with E-state index in [4.69, 9.17) is 28.4 Å². The number of rotatable bonds is 4. The molecule has 0 fully saturated rings. The van der Waals surface area contributed by atoms with Crippen molar-refractivity contribution in [1.82, 2.24) is 4.98 Å². The van der Waals surface area contributed by atoms with Crippen molar-refractivity contribution in [1.29, 1.82) is 0 Å². The number of aryl methyl sites for hydroxylation is 2. The first-order valence-electron chi connectivity index (χ1n) is 6.24. The van der Waals surface area contributed by atoms with Crippen LogP contribution in [0.25, 0.3) is 0 Å². The summed E-state index contributed by atoms with van der Waals surface area (Å²) in [6.07, 6.45) is 0. The summed E-state index contributed by atoms with van der Waals surface area (Å²) in [5, 5.41) is 0. The molecule has 1 aromatic heterocycles. The normalized spacial score (nSPS) is 10.2. The maximum atomic E-state index is 11.0. The molecular formula is C15H15N3O2S. The molecule has 108 valence electrons. The van der Waals surface area contributed by atoms with Crippen molar-refractivity contribution in [3.8, 4) is 11.6 Å². The summed E-state index contributed by atoms with van der Waals surface area (Å²) in [6, 6.07) is 8.34. The van der Waals surface area contributed by atoms with E-state index in [1.165, 1.54) is 0 Å². The van der Waals surface area contributed by atoms with Crippen LogP contribution in [-0.4, -0.2) is 15.9 Å². The van der Waals surface area contributed by atoms with Crippen LogP contribution in [0.3, 0.4) is 0 Å². The largest absolute Gasteiger partial charge is 0.438 e. The van der Waals surface area contributed by atoms with Crippen LogP contribution in [-0.2, 0) is 0 Å². The van der Waals surface area contributed by atoms with Crippen molar-refractivity contribution >= 4 is 23.1 Å². The van der Waals surface area contributed by atoms with Gasteiger partial charge in [-0.25, -0.2) is 4.98 Å². The predicted molar refractivity (Wildman–Crippen MR) is 84.6 cm³/mol. The van der Waals surface area contributed by atoms with Crippen molar-refractivity contribution in [2.24, 2.45) is 11.5 Å². The third-order valence-corrected chi connectivity index (χ3v) is 3.12. The third kappa shape index (κ3) is 3.35. The van der Waals surface area contributed by atoms with E-state index in [0.29, 0.717) is 22.8 Å². The molecule has 1 aromatic carbocycles. The molecule has 0 aliphatic carbocycles. The van der Waals surface area contributed by atoms with Gasteiger partial charge in [0.05, 0.1) is 5.56 Å². The van der Waals surface area contributed by atoms with E-state index in [2.05, 4.69) is 4.98 Å². The van der Waals surface area contributed by atoms with E-state index in [0.717, 1.165) is 11.3 Å². The van der Waals surface area contributed by atoms with Gasteiger partial charge in [0.1, 0.15) is 10.7 Å². The molecular weight excluding hydrogens is 286 g/mol. The summed E-state index contributed by atoms with van der Waals surface area (Å²) < 4.78 is 5.74. The second-order valence-electron chi connectivity index (χ2n) is 4.62. The lowest BCUT2D eigenvalue weighted by Gasteiger charge is -2.12. The van der Waals surface area contributed by atoms with E-state index in [-0.39, 0.29) is 4.99 Å². The monoisotopic (exact) mass is 301 g/mol. The summed E-state index contributed by atoms with van der Waals surface area (Å²) >= 11 is 5.05. The van der Waals surface area contributed by atoms with Crippen molar-refractivity contribution < 1.29 is 9.53 Å². The van der Waals surface area contributed by atoms with Gasteiger partial charge in [0.15, 0.2) is 0 Å². The Balaban J connectivity index is 2.39. The van der Waals surface area contributed by atoms with E-state index in [9.17, 15) is 4.79 Å². The highest BCUT2D eigenvalue weighted by atomic mass is 32.1. The lowest BCUT2D eigenvalue weighted by Crippen LogP contribution is -2.14. The second kappa shape index (κ2) is 5.88. The smallest absolute Gasteiger partial charge is 0.248 e. The maximum Gasteiger partial charge on any atom is 0.248 e. The minimum atomic E-state index is -0.491. The van der Waals surface area contributed by atoms with Crippen LogP contribution < -0.4 is 16.2 Å². The summed E-state index contributed by atoms with van der Waals surface area (Å²) in [7, 11) is 0. The standard InChI is InChI=1S/C15H15N3O2S/c1-8-7-9(2)18-15(12(8)14(17)21)20-11-5-3-10(4-6-11)13(16)19/h3-7H,1-2H3,(H2,16,19)(H2,17,21). The molecule has 0 aliphatic rings. The molecule has 4 N–H and O–H groups in total. The number of amides is 1. The van der Waals surface area contributed by atoms with Gasteiger partial charge in [-0.2, -0.15) is 0 Å². The van der Waals surface area contributed by atoms with Gasteiger partial charge in [-0.3, -0.25) is 4.79 Å². The van der Waals surface area contributed by atoms with Crippen LogP contribution in [0.4, 0.5) is 0 Å². The molecule has 6 heteroatoms. The minimum Gasteiger partial charge on any atom is -0.438 e. The quantitative estimate of drug-likeness (QED) is 0.845. The summed E-state index contributed by atoms with van der Waals surface area (Å²) in [4.78, 5) is 15.6. The second-order valence-corrected chi connectivity index (χ2v) is 5.06. The van der Waals surface area contributed by atoms with Crippen molar-refractivity contribution in [3.63, 3.8) is 0 Å². The first-order valence-corrected chi connectivity index (χ1v) is 6.65. The fourth-order valence-electron chi connectivity index (χ4n) is 1.97. The number of nitrogens with two attached hydrogens (primary N) is 2. The van der Waals surface area contributed by atoms with Crippen LogP contribution in [0.1, 0.15) is 27.2 Å². The van der Waals surface area contributed by atoms with E-state index < -0.39 is 5.91 Å². The highest BCUT2D eigenvalue weighted by Gasteiger charge is 2.14. The number of ether oxygens (including phenoxy) is 1. The maximum absolute atomic E-state index is 11.0. The number of primary amides is 1. The molecule has 2 rings (SSSR count). The number of aromatic nitrogens is 1. The van der Waals surface area contributed by atoms with Gasteiger partial charge in [-0.15, -0.1) is 0 Å². The van der Waals surface area contributed by atoms with E-state index >= 15 is 0 Å². The van der Waals surface area contributed by atoms with Crippen LogP contribution in [0, 0.1) is 13.8 Å². The first kappa shape index (κ1) is 14.9. The molecule has 5 nitrogen and oxygen atoms in total. The van der Waals surface area contributed by atoms with Crippen LogP contribution in [0.15, 0.2) is 30.3 Å². The Labute approximate surface area is 127 Å². The molecule has 0 spiro atoms. The number of carbonyl (C=O) groups is 1. The Morgan fingerprint density at radius 3 is 2.33 bits per heavy atom. The number of thiocarbonyl (C=S) groups is 1. The number of pyridine rings is 1. The van der Waals surface area contributed by atoms with E-state index in [1.807, 2.05) is 19.9 Å². The van der Waals surface area contributed by atoms with Crippen molar-refractivity contribution in [2.45, 2.75) is 13.8 Å². The Morgan fingerprint density at radius 2 is 1.81 bits per heavy atom. The molecule has 2 aromatic rings.